The van der Waals surface area contributed by atoms with E-state index in [9.17, 15) is 0 Å². The van der Waals surface area contributed by atoms with Crippen LogP contribution < -0.4 is 14.2 Å². The zero-order valence-corrected chi connectivity index (χ0v) is 19.6. The molecule has 0 N–H and O–H groups in total. The van der Waals surface area contributed by atoms with Gasteiger partial charge in [-0.05, 0) is 78.4 Å². The lowest BCUT2D eigenvalue weighted by molar-refractivity contribution is 0.306. The van der Waals surface area contributed by atoms with Crippen LogP contribution in [0.25, 0.3) is 34.0 Å². The van der Waals surface area contributed by atoms with Gasteiger partial charge in [0.05, 0.1) is 14.2 Å². The number of methoxy groups -OCH3 is 2. The summed E-state index contributed by atoms with van der Waals surface area (Å²) in [6.07, 6.45) is 0. The molecule has 0 radical (unpaired) electrons. The number of aromatic nitrogens is 1. The number of rotatable bonds is 8. The maximum atomic E-state index is 6.32. The smallest absolute Gasteiger partial charge is 0.227 e. The highest BCUT2D eigenvalue weighted by Crippen LogP contribution is 2.37. The number of oxazole rings is 1. The Morgan fingerprint density at radius 2 is 1.14 bits per heavy atom. The van der Waals surface area contributed by atoms with E-state index in [1.807, 2.05) is 103 Å². The zero-order chi connectivity index (χ0) is 24.0. The van der Waals surface area contributed by atoms with Gasteiger partial charge in [-0.25, -0.2) is 4.98 Å². The van der Waals surface area contributed by atoms with Crippen LogP contribution in [-0.4, -0.2) is 19.2 Å². The second kappa shape index (κ2) is 10.2. The van der Waals surface area contributed by atoms with Gasteiger partial charge in [-0.15, -0.1) is 0 Å². The van der Waals surface area contributed by atoms with E-state index in [0.29, 0.717) is 18.3 Å². The topological polar surface area (TPSA) is 53.7 Å². The molecule has 0 saturated heterocycles. The fraction of sp³-hybridized carbons (Fsp3) is 0.100. The third-order valence-corrected chi connectivity index (χ3v) is 5.69. The largest absolute Gasteiger partial charge is 0.497 e. The van der Waals surface area contributed by atoms with Crippen molar-refractivity contribution in [1.82, 2.24) is 4.98 Å². The first-order valence-corrected chi connectivity index (χ1v) is 11.3. The fourth-order valence-electron chi connectivity index (χ4n) is 3.76. The molecule has 4 aromatic carbocycles. The molecule has 5 rings (SSSR count). The minimum atomic E-state index is 0.516. The van der Waals surface area contributed by atoms with Crippen LogP contribution in [0.5, 0.6) is 17.2 Å². The lowest BCUT2D eigenvalue weighted by Gasteiger charge is -2.06. The van der Waals surface area contributed by atoms with Gasteiger partial charge in [-0.2, -0.15) is 0 Å². The molecule has 174 valence electrons. The molecule has 0 aliphatic carbocycles. The Morgan fingerprint density at radius 1 is 0.600 bits per heavy atom. The van der Waals surface area contributed by atoms with Crippen molar-refractivity contribution in [2.75, 3.05) is 14.2 Å². The van der Waals surface area contributed by atoms with Gasteiger partial charge in [-0.1, -0.05) is 30.3 Å². The van der Waals surface area contributed by atoms with Gasteiger partial charge < -0.3 is 18.6 Å². The lowest BCUT2D eigenvalue weighted by atomic mass is 10.1. The minimum absolute atomic E-state index is 0.516. The van der Waals surface area contributed by atoms with Gasteiger partial charge in [0.2, 0.25) is 5.89 Å². The van der Waals surface area contributed by atoms with E-state index in [4.69, 9.17) is 23.6 Å². The molecule has 0 aliphatic rings. The molecule has 1 heterocycles. The van der Waals surface area contributed by atoms with E-state index in [0.717, 1.165) is 45.2 Å². The highest BCUT2D eigenvalue weighted by Gasteiger charge is 2.18. The average Bonchev–Trinajstić information content (AvgIpc) is 3.38. The molecule has 0 amide bonds. The molecule has 0 spiro atoms. The van der Waals surface area contributed by atoms with Crippen LogP contribution in [0.3, 0.4) is 0 Å². The van der Waals surface area contributed by atoms with E-state index in [1.165, 1.54) is 0 Å². The van der Waals surface area contributed by atoms with Crippen LogP contribution in [0.2, 0.25) is 0 Å². The molecule has 0 bridgehead atoms. The standard InChI is InChI=1S/C30H25NO4/c1-32-25-14-8-22(9-15-25)28-29(23-10-16-26(33-2)17-11-23)35-30(31-28)24-12-18-27(19-13-24)34-20-21-6-4-3-5-7-21/h3-19H,20H2,1-2H3. The van der Waals surface area contributed by atoms with E-state index < -0.39 is 0 Å². The quantitative estimate of drug-likeness (QED) is 0.242. The predicted molar refractivity (Wildman–Crippen MR) is 137 cm³/mol. The van der Waals surface area contributed by atoms with E-state index in [-0.39, 0.29) is 0 Å². The van der Waals surface area contributed by atoms with Crippen LogP contribution in [0.1, 0.15) is 5.56 Å². The first kappa shape index (κ1) is 22.3. The highest BCUT2D eigenvalue weighted by molar-refractivity contribution is 5.79. The van der Waals surface area contributed by atoms with Crippen LogP contribution >= 0.6 is 0 Å². The predicted octanol–water partition coefficient (Wildman–Crippen LogP) is 7.27. The Kier molecular flexibility index (Phi) is 6.48. The van der Waals surface area contributed by atoms with Gasteiger partial charge in [0.25, 0.3) is 0 Å². The van der Waals surface area contributed by atoms with Crippen molar-refractivity contribution in [2.24, 2.45) is 0 Å². The van der Waals surface area contributed by atoms with Crippen molar-refractivity contribution >= 4 is 0 Å². The molecule has 35 heavy (non-hydrogen) atoms. The normalized spacial score (nSPS) is 10.7. The van der Waals surface area contributed by atoms with Crippen molar-refractivity contribution in [3.63, 3.8) is 0 Å². The van der Waals surface area contributed by atoms with Crippen LogP contribution in [-0.2, 0) is 6.61 Å². The second-order valence-electron chi connectivity index (χ2n) is 7.95. The van der Waals surface area contributed by atoms with E-state index in [1.54, 1.807) is 14.2 Å². The van der Waals surface area contributed by atoms with Crippen molar-refractivity contribution in [3.05, 3.63) is 109 Å². The molecule has 0 unspecified atom stereocenters. The third kappa shape index (κ3) is 5.04. The number of ether oxygens (including phenoxy) is 3. The van der Waals surface area contributed by atoms with E-state index in [2.05, 4.69) is 0 Å². The number of hydrogen-bond donors (Lipinski definition) is 0. The molecule has 0 fully saturated rings. The van der Waals surface area contributed by atoms with Gasteiger partial charge in [-0.3, -0.25) is 0 Å². The lowest BCUT2D eigenvalue weighted by Crippen LogP contribution is -1.94. The summed E-state index contributed by atoms with van der Waals surface area (Å²) in [4.78, 5) is 4.87. The molecular formula is C30H25NO4. The molecule has 0 saturated carbocycles. The Bertz CT molecular complexity index is 1310. The minimum Gasteiger partial charge on any atom is -0.497 e. The van der Waals surface area contributed by atoms with Gasteiger partial charge >= 0.3 is 0 Å². The molecule has 5 nitrogen and oxygen atoms in total. The fourth-order valence-corrected chi connectivity index (χ4v) is 3.76. The van der Waals surface area contributed by atoms with Crippen molar-refractivity contribution < 1.29 is 18.6 Å². The Labute approximate surface area is 204 Å². The number of nitrogens with zero attached hydrogens (tertiary/aromatic N) is 1. The molecular weight excluding hydrogens is 438 g/mol. The SMILES string of the molecule is COc1ccc(-c2nc(-c3ccc(OCc4ccccc4)cc3)oc2-c2ccc(OC)cc2)cc1. The van der Waals surface area contributed by atoms with Crippen LogP contribution in [0.4, 0.5) is 0 Å². The van der Waals surface area contributed by atoms with Gasteiger partial charge in [0.15, 0.2) is 5.76 Å². The molecule has 1 aromatic heterocycles. The first-order chi connectivity index (χ1) is 17.2. The number of benzene rings is 4. The molecule has 0 aliphatic heterocycles. The third-order valence-electron chi connectivity index (χ3n) is 5.69. The summed E-state index contributed by atoms with van der Waals surface area (Å²) in [6, 6.07) is 33.4. The summed E-state index contributed by atoms with van der Waals surface area (Å²) < 4.78 is 22.9. The monoisotopic (exact) mass is 463 g/mol. The highest BCUT2D eigenvalue weighted by atomic mass is 16.5. The summed E-state index contributed by atoms with van der Waals surface area (Å²) in [5.74, 6) is 3.59. The zero-order valence-electron chi connectivity index (χ0n) is 19.6. The number of hydrogen-bond acceptors (Lipinski definition) is 5. The second-order valence-corrected chi connectivity index (χ2v) is 7.95. The average molecular weight is 464 g/mol. The van der Waals surface area contributed by atoms with Gasteiger partial charge in [0.1, 0.15) is 29.5 Å². The summed E-state index contributed by atoms with van der Waals surface area (Å²) in [5, 5.41) is 0. The first-order valence-electron chi connectivity index (χ1n) is 11.3. The summed E-state index contributed by atoms with van der Waals surface area (Å²) >= 11 is 0. The summed E-state index contributed by atoms with van der Waals surface area (Å²) in [5.41, 5.74) is 4.61. The Balaban J connectivity index is 1.46. The summed E-state index contributed by atoms with van der Waals surface area (Å²) in [7, 11) is 3.30. The maximum absolute atomic E-state index is 6.32. The van der Waals surface area contributed by atoms with Gasteiger partial charge in [0, 0.05) is 16.7 Å². The summed E-state index contributed by atoms with van der Waals surface area (Å²) in [6.45, 7) is 0.516. The van der Waals surface area contributed by atoms with Crippen molar-refractivity contribution in [1.29, 1.82) is 0 Å². The van der Waals surface area contributed by atoms with Crippen molar-refractivity contribution in [3.8, 4) is 51.3 Å². The maximum Gasteiger partial charge on any atom is 0.227 e. The van der Waals surface area contributed by atoms with E-state index >= 15 is 0 Å². The molecule has 0 atom stereocenters. The Hall–Kier alpha value is -4.51. The van der Waals surface area contributed by atoms with Crippen molar-refractivity contribution in [2.45, 2.75) is 6.61 Å². The Morgan fingerprint density at radius 3 is 1.74 bits per heavy atom. The molecule has 5 aromatic rings. The van der Waals surface area contributed by atoms with Crippen LogP contribution in [0.15, 0.2) is 108 Å². The van der Waals surface area contributed by atoms with Crippen LogP contribution in [0, 0.1) is 0 Å². The molecule has 5 heteroatoms.